The number of carbonyl (C=O) groups excluding carboxylic acids is 2. The van der Waals surface area contributed by atoms with Crippen molar-refractivity contribution in [2.75, 3.05) is 13.2 Å². The molecule has 6 nitrogen and oxygen atoms in total. The van der Waals surface area contributed by atoms with E-state index in [9.17, 15) is 19.8 Å². The molecule has 0 saturated carbocycles. The van der Waals surface area contributed by atoms with E-state index in [-0.39, 0.29) is 18.5 Å². The molecule has 75 heavy (non-hydrogen) atoms. The fourth-order valence-corrected chi connectivity index (χ4v) is 11.4. The summed E-state index contributed by atoms with van der Waals surface area (Å²) in [6, 6.07) is -0.538. The Kier molecular flexibility index (Phi) is 64.4. The predicted molar refractivity (Wildman–Crippen MR) is 329 cm³/mol. The Morgan fingerprint density at radius 2 is 0.547 bits per heavy atom. The van der Waals surface area contributed by atoms with Gasteiger partial charge in [-0.15, -0.1) is 0 Å². The molecule has 6 heteroatoms. The third-order valence-electron chi connectivity index (χ3n) is 16.7. The molecule has 0 radical (unpaired) electrons. The van der Waals surface area contributed by atoms with Crippen molar-refractivity contribution in [3.8, 4) is 0 Å². The van der Waals surface area contributed by atoms with E-state index >= 15 is 0 Å². The average molecular weight is 1060 g/mol. The van der Waals surface area contributed by atoms with Crippen molar-refractivity contribution in [3.63, 3.8) is 0 Å². The van der Waals surface area contributed by atoms with Gasteiger partial charge in [-0.2, -0.15) is 0 Å². The van der Waals surface area contributed by atoms with Crippen LogP contribution >= 0.6 is 0 Å². The number of esters is 1. The molecule has 0 aromatic heterocycles. The van der Waals surface area contributed by atoms with Crippen LogP contribution < -0.4 is 5.32 Å². The van der Waals surface area contributed by atoms with E-state index in [0.29, 0.717) is 25.9 Å². The maximum absolute atomic E-state index is 12.5. The highest BCUT2D eigenvalue weighted by Gasteiger charge is 2.20. The number of nitrogens with one attached hydrogen (secondary N) is 1. The number of amides is 1. The Morgan fingerprint density at radius 3 is 0.813 bits per heavy atom. The maximum Gasteiger partial charge on any atom is 0.305 e. The molecule has 0 aromatic rings. The van der Waals surface area contributed by atoms with Crippen molar-refractivity contribution >= 4 is 11.9 Å². The third-order valence-corrected chi connectivity index (χ3v) is 16.7. The van der Waals surface area contributed by atoms with Gasteiger partial charge in [0.25, 0.3) is 0 Å². The molecule has 2 atom stereocenters. The number of aliphatic hydroxyl groups excluding tert-OH is 2. The molecular formula is C69H137NO5. The van der Waals surface area contributed by atoms with Crippen LogP contribution in [-0.2, 0) is 14.3 Å². The normalized spacial score (nSPS) is 12.4. The Labute approximate surface area is 470 Å². The van der Waals surface area contributed by atoms with Crippen LogP contribution in [0.1, 0.15) is 406 Å². The largest absolute Gasteiger partial charge is 0.466 e. The molecule has 0 saturated heterocycles. The van der Waals surface area contributed by atoms with Gasteiger partial charge in [0.15, 0.2) is 0 Å². The molecule has 0 bridgehead atoms. The number of aliphatic hydroxyl groups is 2. The molecule has 0 aliphatic carbocycles. The van der Waals surface area contributed by atoms with Gasteiger partial charge < -0.3 is 20.3 Å². The molecule has 0 heterocycles. The van der Waals surface area contributed by atoms with E-state index < -0.39 is 12.1 Å². The number of rotatable bonds is 66. The highest BCUT2D eigenvalue weighted by atomic mass is 16.5. The summed E-state index contributed by atoms with van der Waals surface area (Å²) in [6.45, 7) is 5.00. The van der Waals surface area contributed by atoms with E-state index in [0.717, 1.165) is 38.5 Å². The lowest BCUT2D eigenvalue weighted by atomic mass is 10.0. The van der Waals surface area contributed by atoms with Crippen LogP contribution in [0.15, 0.2) is 0 Å². The van der Waals surface area contributed by atoms with Crippen LogP contribution in [0.25, 0.3) is 0 Å². The molecule has 0 aliphatic rings. The van der Waals surface area contributed by atoms with Gasteiger partial charge in [-0.3, -0.25) is 9.59 Å². The number of hydrogen-bond acceptors (Lipinski definition) is 5. The van der Waals surface area contributed by atoms with Crippen molar-refractivity contribution in [2.45, 2.75) is 418 Å². The lowest BCUT2D eigenvalue weighted by Crippen LogP contribution is -2.45. The van der Waals surface area contributed by atoms with Crippen LogP contribution in [-0.4, -0.2) is 47.4 Å². The fraction of sp³-hybridized carbons (Fsp3) is 0.971. The van der Waals surface area contributed by atoms with Crippen LogP contribution in [0.3, 0.4) is 0 Å². The van der Waals surface area contributed by atoms with Gasteiger partial charge in [-0.25, -0.2) is 0 Å². The Bertz CT molecular complexity index is 1080. The Morgan fingerprint density at radius 1 is 0.320 bits per heavy atom. The second-order valence-corrected chi connectivity index (χ2v) is 24.2. The quantitative estimate of drug-likeness (QED) is 0.0417. The molecule has 0 spiro atoms. The smallest absolute Gasteiger partial charge is 0.305 e. The molecule has 2 unspecified atom stereocenters. The summed E-state index contributed by atoms with van der Waals surface area (Å²) < 4.78 is 5.48. The lowest BCUT2D eigenvalue weighted by molar-refractivity contribution is -0.143. The number of ether oxygens (including phenoxy) is 1. The van der Waals surface area contributed by atoms with Gasteiger partial charge >= 0.3 is 5.97 Å². The molecule has 1 amide bonds. The van der Waals surface area contributed by atoms with Gasteiger partial charge in [0.1, 0.15) is 0 Å². The maximum atomic E-state index is 12.5. The minimum Gasteiger partial charge on any atom is -0.466 e. The highest BCUT2D eigenvalue weighted by molar-refractivity contribution is 5.76. The summed E-state index contributed by atoms with van der Waals surface area (Å²) >= 11 is 0. The molecule has 0 fully saturated rings. The standard InChI is InChI=1S/C69H137NO5/c1-3-5-7-9-11-13-15-16-17-18-29-32-35-38-42-45-49-53-57-61-67(72)66(65-71)70-68(73)62-58-54-50-46-43-39-36-33-30-27-25-23-21-19-20-22-24-26-28-31-34-37-40-44-48-52-56-60-64-75-69(74)63-59-55-51-47-41-14-12-10-8-6-4-2/h66-67,71-72H,3-65H2,1-2H3,(H,70,73). The lowest BCUT2D eigenvalue weighted by Gasteiger charge is -2.22. The third kappa shape index (κ3) is 61.9. The summed E-state index contributed by atoms with van der Waals surface area (Å²) in [6.07, 6.45) is 78.6. The number of unbranched alkanes of at least 4 members (excludes halogenated alkanes) is 55. The zero-order valence-electron chi connectivity index (χ0n) is 51.3. The summed E-state index contributed by atoms with van der Waals surface area (Å²) in [5.41, 5.74) is 0. The first-order valence-electron chi connectivity index (χ1n) is 34.8. The zero-order chi connectivity index (χ0) is 54.3. The minimum atomic E-state index is -0.661. The van der Waals surface area contributed by atoms with Gasteiger partial charge in [0.05, 0.1) is 25.4 Å². The number of carbonyl (C=O) groups is 2. The van der Waals surface area contributed by atoms with Crippen molar-refractivity contribution in [1.82, 2.24) is 5.32 Å². The molecular weight excluding hydrogens is 923 g/mol. The van der Waals surface area contributed by atoms with Gasteiger partial charge in [-0.05, 0) is 25.7 Å². The second kappa shape index (κ2) is 65.4. The molecule has 448 valence electrons. The van der Waals surface area contributed by atoms with Crippen molar-refractivity contribution in [3.05, 3.63) is 0 Å². The summed E-state index contributed by atoms with van der Waals surface area (Å²) in [4.78, 5) is 24.5. The Hall–Kier alpha value is -1.14. The van der Waals surface area contributed by atoms with Crippen LogP contribution in [0, 0.1) is 0 Å². The Balaban J connectivity index is 3.34. The fourth-order valence-electron chi connectivity index (χ4n) is 11.4. The monoisotopic (exact) mass is 1060 g/mol. The average Bonchev–Trinajstić information content (AvgIpc) is 3.41. The summed E-state index contributed by atoms with van der Waals surface area (Å²) in [7, 11) is 0. The van der Waals surface area contributed by atoms with E-state index in [2.05, 4.69) is 19.2 Å². The predicted octanol–water partition coefficient (Wildman–Crippen LogP) is 22.2. The minimum absolute atomic E-state index is 0.0196. The van der Waals surface area contributed by atoms with Crippen LogP contribution in [0.2, 0.25) is 0 Å². The molecule has 0 rings (SSSR count). The topological polar surface area (TPSA) is 95.9 Å². The van der Waals surface area contributed by atoms with Crippen molar-refractivity contribution < 1.29 is 24.5 Å². The highest BCUT2D eigenvalue weighted by Crippen LogP contribution is 2.19. The summed E-state index contributed by atoms with van der Waals surface area (Å²) in [5.74, 6) is -0.00723. The second-order valence-electron chi connectivity index (χ2n) is 24.2. The molecule has 0 aliphatic heterocycles. The van der Waals surface area contributed by atoms with E-state index in [4.69, 9.17) is 4.74 Å². The zero-order valence-corrected chi connectivity index (χ0v) is 51.3. The first-order chi connectivity index (χ1) is 37.0. The summed E-state index contributed by atoms with van der Waals surface area (Å²) in [5, 5.41) is 23.4. The number of hydrogen-bond donors (Lipinski definition) is 3. The van der Waals surface area contributed by atoms with E-state index in [1.807, 2.05) is 0 Å². The first kappa shape index (κ1) is 73.9. The molecule has 0 aromatic carbocycles. The first-order valence-corrected chi connectivity index (χ1v) is 34.8. The van der Waals surface area contributed by atoms with Gasteiger partial charge in [0.2, 0.25) is 5.91 Å². The van der Waals surface area contributed by atoms with Gasteiger partial charge in [0, 0.05) is 12.8 Å². The molecule has 3 N–H and O–H groups in total. The van der Waals surface area contributed by atoms with Crippen molar-refractivity contribution in [1.29, 1.82) is 0 Å². The van der Waals surface area contributed by atoms with E-state index in [1.165, 1.54) is 334 Å². The van der Waals surface area contributed by atoms with E-state index in [1.54, 1.807) is 0 Å². The van der Waals surface area contributed by atoms with Gasteiger partial charge in [-0.1, -0.05) is 367 Å². The van der Waals surface area contributed by atoms with Crippen molar-refractivity contribution in [2.24, 2.45) is 0 Å². The van der Waals surface area contributed by atoms with Crippen LogP contribution in [0.5, 0.6) is 0 Å². The SMILES string of the molecule is CCCCCCCCCCCCCCCCCCCCCC(O)C(CO)NC(=O)CCCCCCCCCCCCCCCCCCCCCCCCCCCCCCOC(=O)CCCCCCCCCCCCC. The van der Waals surface area contributed by atoms with Crippen LogP contribution in [0.4, 0.5) is 0 Å².